The van der Waals surface area contributed by atoms with Gasteiger partial charge in [-0.2, -0.15) is 0 Å². The van der Waals surface area contributed by atoms with Crippen LogP contribution < -0.4 is 21.0 Å². The Labute approximate surface area is 254 Å². The molecule has 224 valence electrons. The molecule has 1 unspecified atom stereocenters. The van der Waals surface area contributed by atoms with Crippen molar-refractivity contribution in [3.63, 3.8) is 0 Å². The Kier molecular flexibility index (Phi) is 9.04. The molecule has 0 saturated carbocycles. The van der Waals surface area contributed by atoms with Crippen LogP contribution in [0.3, 0.4) is 0 Å². The molecule has 0 aliphatic carbocycles. The number of hydrogen-bond acceptors (Lipinski definition) is 7. The molecular formula is C35H33N3O6. The standard InChI is InChI=1S/C35H33N3O6/c1-35(2,3)44-34(41)38-30(21-23-17-19-25(20-18-23)42-22-24-11-5-4-6-12-24)31(39)36-28-15-9-7-13-26(28)32-37-29-16-10-8-14-27(29)33(40)43-32/h4-20,30H,21-22H2,1-3H3,(H,36,39)(H,38,41). The van der Waals surface area contributed by atoms with E-state index in [1.54, 1.807) is 69.3 Å². The summed E-state index contributed by atoms with van der Waals surface area (Å²) in [5.41, 5.74) is 1.81. The van der Waals surface area contributed by atoms with Gasteiger partial charge in [0.15, 0.2) is 0 Å². The number of ether oxygens (including phenoxy) is 2. The molecule has 1 heterocycles. The molecule has 0 aliphatic heterocycles. The Hall–Kier alpha value is -5.44. The first-order chi connectivity index (χ1) is 21.1. The summed E-state index contributed by atoms with van der Waals surface area (Å²) >= 11 is 0. The van der Waals surface area contributed by atoms with Crippen LogP contribution in [0.25, 0.3) is 22.4 Å². The molecule has 0 bridgehead atoms. The highest BCUT2D eigenvalue weighted by Gasteiger charge is 2.26. The fourth-order valence-electron chi connectivity index (χ4n) is 4.49. The van der Waals surface area contributed by atoms with E-state index >= 15 is 0 Å². The lowest BCUT2D eigenvalue weighted by Gasteiger charge is -2.24. The van der Waals surface area contributed by atoms with E-state index in [-0.39, 0.29) is 12.3 Å². The zero-order valence-corrected chi connectivity index (χ0v) is 24.7. The van der Waals surface area contributed by atoms with Crippen molar-refractivity contribution in [1.29, 1.82) is 0 Å². The van der Waals surface area contributed by atoms with E-state index in [1.807, 2.05) is 54.6 Å². The number of fused-ring (bicyclic) bond motifs is 1. The quantitative estimate of drug-likeness (QED) is 0.201. The number of aromatic nitrogens is 1. The van der Waals surface area contributed by atoms with Crippen LogP contribution in [0, 0.1) is 0 Å². The molecule has 0 spiro atoms. The van der Waals surface area contributed by atoms with Crippen molar-refractivity contribution in [1.82, 2.24) is 10.3 Å². The minimum absolute atomic E-state index is 0.0624. The molecule has 2 N–H and O–H groups in total. The van der Waals surface area contributed by atoms with Crippen LogP contribution in [0.15, 0.2) is 112 Å². The zero-order chi connectivity index (χ0) is 31.1. The van der Waals surface area contributed by atoms with Crippen molar-refractivity contribution < 1.29 is 23.5 Å². The highest BCUT2D eigenvalue weighted by atomic mass is 16.6. The number of alkyl carbamates (subject to hydrolysis) is 1. The Morgan fingerprint density at radius 3 is 2.27 bits per heavy atom. The normalized spacial score (nSPS) is 11.9. The third kappa shape index (κ3) is 7.89. The summed E-state index contributed by atoms with van der Waals surface area (Å²) in [4.78, 5) is 43.6. The number of hydrogen-bond donors (Lipinski definition) is 2. The van der Waals surface area contributed by atoms with Gasteiger partial charge in [0.1, 0.15) is 24.0 Å². The SMILES string of the molecule is CC(C)(C)OC(=O)NC(Cc1ccc(OCc2ccccc2)cc1)C(=O)Nc1ccccc1-c1nc2ccccc2c(=O)o1. The fraction of sp³-hybridized carbons (Fsp3) is 0.200. The van der Waals surface area contributed by atoms with Gasteiger partial charge < -0.3 is 24.5 Å². The molecule has 9 heteroatoms. The lowest BCUT2D eigenvalue weighted by Crippen LogP contribution is -2.47. The predicted octanol–water partition coefficient (Wildman–Crippen LogP) is 6.51. The fourth-order valence-corrected chi connectivity index (χ4v) is 4.49. The van der Waals surface area contributed by atoms with Gasteiger partial charge in [0.05, 0.1) is 22.2 Å². The zero-order valence-electron chi connectivity index (χ0n) is 24.7. The van der Waals surface area contributed by atoms with Gasteiger partial charge in [0.25, 0.3) is 0 Å². The molecule has 1 atom stereocenters. The lowest BCUT2D eigenvalue weighted by atomic mass is 10.0. The minimum atomic E-state index is -0.995. The second-order valence-corrected chi connectivity index (χ2v) is 11.2. The summed E-state index contributed by atoms with van der Waals surface area (Å²) in [7, 11) is 0. The molecule has 0 aliphatic rings. The van der Waals surface area contributed by atoms with Crippen LogP contribution >= 0.6 is 0 Å². The van der Waals surface area contributed by atoms with Crippen molar-refractivity contribution in [3.05, 3.63) is 125 Å². The van der Waals surface area contributed by atoms with Crippen LogP contribution in [-0.4, -0.2) is 28.6 Å². The number of rotatable bonds is 9. The Bertz CT molecular complexity index is 1810. The molecule has 0 fully saturated rings. The van der Waals surface area contributed by atoms with Crippen LogP contribution in [0.1, 0.15) is 31.9 Å². The van der Waals surface area contributed by atoms with E-state index in [4.69, 9.17) is 13.9 Å². The number of anilines is 1. The Morgan fingerprint density at radius 2 is 1.52 bits per heavy atom. The number of benzene rings is 4. The van der Waals surface area contributed by atoms with Crippen LogP contribution in [0.2, 0.25) is 0 Å². The van der Waals surface area contributed by atoms with Crippen LogP contribution in [0.4, 0.5) is 10.5 Å². The number of carbonyl (C=O) groups is 2. The third-order valence-electron chi connectivity index (χ3n) is 6.57. The van der Waals surface area contributed by atoms with Crippen molar-refractivity contribution >= 4 is 28.6 Å². The van der Waals surface area contributed by atoms with Crippen molar-refractivity contribution in [2.24, 2.45) is 0 Å². The highest BCUT2D eigenvalue weighted by molar-refractivity contribution is 5.99. The largest absolute Gasteiger partial charge is 0.489 e. The van der Waals surface area contributed by atoms with Crippen molar-refractivity contribution in [3.8, 4) is 17.2 Å². The van der Waals surface area contributed by atoms with E-state index in [1.165, 1.54) is 0 Å². The maximum Gasteiger partial charge on any atom is 0.408 e. The average molecular weight is 592 g/mol. The summed E-state index contributed by atoms with van der Waals surface area (Å²) in [6, 6.07) is 29.9. The van der Waals surface area contributed by atoms with Gasteiger partial charge in [0.2, 0.25) is 11.8 Å². The van der Waals surface area contributed by atoms with Gasteiger partial charge in [-0.05, 0) is 68.3 Å². The predicted molar refractivity (Wildman–Crippen MR) is 168 cm³/mol. The highest BCUT2D eigenvalue weighted by Crippen LogP contribution is 2.27. The van der Waals surface area contributed by atoms with Gasteiger partial charge in [-0.15, -0.1) is 0 Å². The number of nitrogens with one attached hydrogen (secondary N) is 2. The number of amides is 2. The van der Waals surface area contributed by atoms with Gasteiger partial charge in [-0.25, -0.2) is 14.6 Å². The second kappa shape index (κ2) is 13.2. The minimum Gasteiger partial charge on any atom is -0.489 e. The number of nitrogens with zero attached hydrogens (tertiary/aromatic N) is 1. The maximum atomic E-state index is 13.7. The summed E-state index contributed by atoms with van der Waals surface area (Å²) in [6.45, 7) is 5.67. The van der Waals surface area contributed by atoms with Crippen molar-refractivity contribution in [2.75, 3.05) is 5.32 Å². The molecule has 9 nitrogen and oxygen atoms in total. The Balaban J connectivity index is 1.36. The summed E-state index contributed by atoms with van der Waals surface area (Å²) in [5, 5.41) is 5.94. The maximum absolute atomic E-state index is 13.7. The van der Waals surface area contributed by atoms with Crippen LogP contribution in [0.5, 0.6) is 5.75 Å². The number of para-hydroxylation sites is 2. The van der Waals surface area contributed by atoms with Gasteiger partial charge >= 0.3 is 11.7 Å². The Morgan fingerprint density at radius 1 is 0.841 bits per heavy atom. The summed E-state index contributed by atoms with van der Waals surface area (Å²) in [6.07, 6.45) is -0.550. The molecule has 4 aromatic carbocycles. The molecule has 0 radical (unpaired) electrons. The topological polar surface area (TPSA) is 120 Å². The molecule has 2 amide bonds. The first kappa shape index (κ1) is 30.0. The summed E-state index contributed by atoms with van der Waals surface area (Å²) in [5.74, 6) is 0.250. The smallest absolute Gasteiger partial charge is 0.408 e. The van der Waals surface area contributed by atoms with Gasteiger partial charge in [-0.3, -0.25) is 4.79 Å². The monoisotopic (exact) mass is 591 g/mol. The van der Waals surface area contributed by atoms with Crippen molar-refractivity contribution in [2.45, 2.75) is 45.4 Å². The molecule has 0 saturated heterocycles. The molecule has 44 heavy (non-hydrogen) atoms. The number of carbonyl (C=O) groups excluding carboxylic acids is 2. The second-order valence-electron chi connectivity index (χ2n) is 11.2. The molecular weight excluding hydrogens is 558 g/mol. The molecule has 5 rings (SSSR count). The summed E-state index contributed by atoms with van der Waals surface area (Å²) < 4.78 is 16.8. The van der Waals surface area contributed by atoms with E-state index in [0.29, 0.717) is 34.5 Å². The van der Waals surface area contributed by atoms with E-state index < -0.39 is 29.3 Å². The first-order valence-electron chi connectivity index (χ1n) is 14.2. The average Bonchev–Trinajstić information content (AvgIpc) is 3.00. The third-order valence-corrected chi connectivity index (χ3v) is 6.57. The lowest BCUT2D eigenvalue weighted by molar-refractivity contribution is -0.118. The van der Waals surface area contributed by atoms with Gasteiger partial charge in [-0.1, -0.05) is 66.7 Å². The first-order valence-corrected chi connectivity index (χ1v) is 14.2. The van der Waals surface area contributed by atoms with E-state index in [2.05, 4.69) is 15.6 Å². The molecule has 1 aromatic heterocycles. The van der Waals surface area contributed by atoms with Gasteiger partial charge in [0, 0.05) is 6.42 Å². The molecule has 5 aromatic rings. The van der Waals surface area contributed by atoms with E-state index in [9.17, 15) is 14.4 Å². The van der Waals surface area contributed by atoms with E-state index in [0.717, 1.165) is 11.1 Å². The van der Waals surface area contributed by atoms with Crippen LogP contribution in [-0.2, 0) is 22.6 Å².